The van der Waals surface area contributed by atoms with E-state index < -0.39 is 10.9 Å². The molecule has 25 heavy (non-hydrogen) atoms. The lowest BCUT2D eigenvalue weighted by molar-refractivity contribution is -0.385. The average molecular weight is 399 g/mol. The molecule has 1 aliphatic rings. The number of ether oxygens (including phenoxy) is 1. The van der Waals surface area contributed by atoms with Crippen LogP contribution < -0.4 is 0 Å². The van der Waals surface area contributed by atoms with Crippen molar-refractivity contribution < 1.29 is 14.5 Å². The van der Waals surface area contributed by atoms with Crippen molar-refractivity contribution in [1.29, 1.82) is 0 Å². The second-order valence-corrected chi connectivity index (χ2v) is 5.96. The molecule has 7 heteroatoms. The first kappa shape index (κ1) is 16.8. The molecule has 0 N–H and O–H groups in total. The molecule has 2 aromatic rings. The van der Waals surface area contributed by atoms with Crippen LogP contribution >= 0.6 is 15.9 Å². The zero-order valence-corrected chi connectivity index (χ0v) is 14.3. The van der Waals surface area contributed by atoms with Crippen molar-refractivity contribution in [2.75, 3.05) is 0 Å². The molecule has 0 spiro atoms. The number of nitro groups is 1. The van der Waals surface area contributed by atoms with Crippen LogP contribution in [-0.2, 0) is 9.53 Å². The van der Waals surface area contributed by atoms with Gasteiger partial charge in [-0.25, -0.2) is 9.79 Å². The van der Waals surface area contributed by atoms with Crippen LogP contribution in [0.3, 0.4) is 0 Å². The van der Waals surface area contributed by atoms with E-state index >= 15 is 0 Å². The number of hydrogen-bond acceptors (Lipinski definition) is 5. The Morgan fingerprint density at radius 1 is 1.12 bits per heavy atom. The number of cyclic esters (lactones) is 1. The van der Waals surface area contributed by atoms with Crippen molar-refractivity contribution >= 4 is 39.6 Å². The average Bonchev–Trinajstić information content (AvgIpc) is 2.97. The molecule has 0 amide bonds. The molecule has 0 atom stereocenters. The van der Waals surface area contributed by atoms with E-state index in [1.165, 1.54) is 18.2 Å². The Morgan fingerprint density at radius 2 is 1.84 bits per heavy atom. The number of hydrogen-bond donors (Lipinski definition) is 0. The molecule has 0 radical (unpaired) electrons. The van der Waals surface area contributed by atoms with Crippen LogP contribution in [0.25, 0.3) is 6.08 Å². The summed E-state index contributed by atoms with van der Waals surface area (Å²) in [6.07, 6.45) is 4.55. The Bertz CT molecular complexity index is 930. The highest BCUT2D eigenvalue weighted by Crippen LogP contribution is 2.21. The van der Waals surface area contributed by atoms with E-state index in [-0.39, 0.29) is 17.3 Å². The number of esters is 1. The van der Waals surface area contributed by atoms with E-state index in [1.807, 2.05) is 12.1 Å². The summed E-state index contributed by atoms with van der Waals surface area (Å²) in [7, 11) is 0. The minimum atomic E-state index is -0.565. The van der Waals surface area contributed by atoms with E-state index in [0.717, 1.165) is 4.47 Å². The van der Waals surface area contributed by atoms with Gasteiger partial charge in [0.25, 0.3) is 5.69 Å². The summed E-state index contributed by atoms with van der Waals surface area (Å²) in [4.78, 5) is 26.6. The van der Waals surface area contributed by atoms with Gasteiger partial charge in [0.05, 0.1) is 10.5 Å². The van der Waals surface area contributed by atoms with Gasteiger partial charge in [0.2, 0.25) is 5.90 Å². The van der Waals surface area contributed by atoms with Gasteiger partial charge >= 0.3 is 5.97 Å². The Hall–Kier alpha value is -3.06. The molecule has 0 saturated heterocycles. The molecule has 6 nitrogen and oxygen atoms in total. The van der Waals surface area contributed by atoms with Gasteiger partial charge in [-0.3, -0.25) is 10.1 Å². The van der Waals surface area contributed by atoms with E-state index in [9.17, 15) is 14.9 Å². The monoisotopic (exact) mass is 398 g/mol. The van der Waals surface area contributed by atoms with Crippen LogP contribution in [0, 0.1) is 10.1 Å². The number of benzene rings is 2. The van der Waals surface area contributed by atoms with Crippen molar-refractivity contribution in [3.63, 3.8) is 0 Å². The summed E-state index contributed by atoms with van der Waals surface area (Å²) >= 11 is 3.33. The zero-order valence-electron chi connectivity index (χ0n) is 12.8. The molecule has 1 aliphatic heterocycles. The van der Waals surface area contributed by atoms with Crippen molar-refractivity contribution in [3.8, 4) is 0 Å². The highest BCUT2D eigenvalue weighted by atomic mass is 79.9. The van der Waals surface area contributed by atoms with E-state index in [2.05, 4.69) is 20.9 Å². The lowest BCUT2D eigenvalue weighted by Gasteiger charge is -1.98. The maximum Gasteiger partial charge on any atom is 0.363 e. The number of rotatable bonds is 4. The number of nitrogens with zero attached hydrogens (tertiary/aromatic N) is 2. The Balaban J connectivity index is 1.83. The van der Waals surface area contributed by atoms with Crippen LogP contribution in [0.15, 0.2) is 75.8 Å². The number of nitro benzene ring substituents is 1. The second kappa shape index (κ2) is 7.23. The van der Waals surface area contributed by atoms with Gasteiger partial charge in [-0.05, 0) is 42.5 Å². The molecule has 0 aliphatic carbocycles. The number of halogens is 1. The fourth-order valence-electron chi connectivity index (χ4n) is 2.18. The summed E-state index contributed by atoms with van der Waals surface area (Å²) in [5.74, 6) is -0.340. The normalized spacial score (nSPS) is 15.5. The first-order chi connectivity index (χ1) is 12.0. The van der Waals surface area contributed by atoms with Gasteiger partial charge in [-0.15, -0.1) is 0 Å². The fraction of sp³-hybridized carbons (Fsp3) is 0. The third-order valence-corrected chi connectivity index (χ3v) is 3.90. The minimum Gasteiger partial charge on any atom is -0.402 e. The van der Waals surface area contributed by atoms with E-state index in [4.69, 9.17) is 4.74 Å². The number of allylic oxidation sites excluding steroid dienone is 2. The summed E-state index contributed by atoms with van der Waals surface area (Å²) in [5, 5.41) is 11.0. The van der Waals surface area contributed by atoms with Crippen molar-refractivity contribution in [2.24, 2.45) is 4.99 Å². The predicted molar refractivity (Wildman–Crippen MR) is 97.0 cm³/mol. The number of carbonyl (C=O) groups excluding carboxylic acids is 1. The molecule has 3 rings (SSSR count). The molecular weight excluding hydrogens is 388 g/mol. The van der Waals surface area contributed by atoms with Gasteiger partial charge in [0.1, 0.15) is 0 Å². The first-order valence-electron chi connectivity index (χ1n) is 7.23. The van der Waals surface area contributed by atoms with Gasteiger partial charge in [0, 0.05) is 16.1 Å². The Labute approximate surface area is 151 Å². The fourth-order valence-corrected chi connectivity index (χ4v) is 2.44. The van der Waals surface area contributed by atoms with Crippen LogP contribution in [0.4, 0.5) is 5.69 Å². The summed E-state index contributed by atoms with van der Waals surface area (Å²) < 4.78 is 6.06. The molecule has 0 saturated carbocycles. The zero-order chi connectivity index (χ0) is 17.8. The number of para-hydroxylation sites is 1. The standard InChI is InChI=1S/C18H11BrN2O4/c19-14-10-8-13(9-11-14)17-20-15(18(22)25-17)6-3-5-12-4-1-2-7-16(12)21(23)24/h1-11H/b5-3+,15-6+. The lowest BCUT2D eigenvalue weighted by atomic mass is 10.1. The van der Waals surface area contributed by atoms with Gasteiger partial charge in [-0.2, -0.15) is 0 Å². The molecule has 2 aromatic carbocycles. The summed E-state index contributed by atoms with van der Waals surface area (Å²) in [6.45, 7) is 0. The Morgan fingerprint density at radius 3 is 2.56 bits per heavy atom. The number of aliphatic imine (C=N–C) groups is 1. The maximum atomic E-state index is 11.9. The molecule has 0 aromatic heterocycles. The molecule has 0 bridgehead atoms. The summed E-state index contributed by atoms with van der Waals surface area (Å²) in [6, 6.07) is 13.5. The topological polar surface area (TPSA) is 81.8 Å². The molecular formula is C18H11BrN2O4. The Kier molecular flexibility index (Phi) is 4.85. The molecule has 1 heterocycles. The maximum absolute atomic E-state index is 11.9. The van der Waals surface area contributed by atoms with E-state index in [1.54, 1.807) is 36.4 Å². The highest BCUT2D eigenvalue weighted by Gasteiger charge is 2.23. The number of carbonyl (C=O) groups is 1. The van der Waals surface area contributed by atoms with Gasteiger partial charge in [-0.1, -0.05) is 34.1 Å². The smallest absolute Gasteiger partial charge is 0.363 e. The molecule has 0 fully saturated rings. The molecule has 124 valence electrons. The van der Waals surface area contributed by atoms with Crippen molar-refractivity contribution in [3.05, 3.63) is 92.1 Å². The van der Waals surface area contributed by atoms with E-state index in [0.29, 0.717) is 11.1 Å². The van der Waals surface area contributed by atoms with Gasteiger partial charge in [0.15, 0.2) is 5.70 Å². The third-order valence-electron chi connectivity index (χ3n) is 3.38. The lowest BCUT2D eigenvalue weighted by Crippen LogP contribution is -2.04. The first-order valence-corrected chi connectivity index (χ1v) is 8.02. The van der Waals surface area contributed by atoms with Crippen LogP contribution in [0.5, 0.6) is 0 Å². The summed E-state index contributed by atoms with van der Waals surface area (Å²) in [5.41, 5.74) is 1.24. The van der Waals surface area contributed by atoms with Crippen LogP contribution in [0.1, 0.15) is 11.1 Å². The second-order valence-electron chi connectivity index (χ2n) is 5.04. The van der Waals surface area contributed by atoms with Crippen LogP contribution in [-0.4, -0.2) is 16.8 Å². The third kappa shape index (κ3) is 3.89. The highest BCUT2D eigenvalue weighted by molar-refractivity contribution is 9.10. The quantitative estimate of drug-likeness (QED) is 0.333. The SMILES string of the molecule is O=C1OC(c2ccc(Br)cc2)=N/C1=C/C=C/c1ccccc1[N+](=O)[O-]. The predicted octanol–water partition coefficient (Wildman–Crippen LogP) is 4.26. The van der Waals surface area contributed by atoms with Crippen molar-refractivity contribution in [1.82, 2.24) is 0 Å². The largest absolute Gasteiger partial charge is 0.402 e. The minimum absolute atomic E-state index is 0.00907. The van der Waals surface area contributed by atoms with Crippen LogP contribution in [0.2, 0.25) is 0 Å². The molecule has 0 unspecified atom stereocenters. The van der Waals surface area contributed by atoms with Gasteiger partial charge < -0.3 is 4.74 Å². The van der Waals surface area contributed by atoms with Crippen molar-refractivity contribution in [2.45, 2.75) is 0 Å².